The van der Waals surface area contributed by atoms with Crippen LogP contribution in [0.5, 0.6) is 0 Å². The van der Waals surface area contributed by atoms with Crippen molar-refractivity contribution >= 4 is 23.1 Å². The number of carboxylic acid groups (broad SMARTS) is 1. The first kappa shape index (κ1) is 13.4. The molecule has 9 heteroatoms. The lowest BCUT2D eigenvalue weighted by Gasteiger charge is -2.17. The molecule has 0 amide bonds. The normalized spacial score (nSPS) is 15.0. The molecule has 1 fully saturated rings. The molecular weight excluding hydrogens is 278 g/mol. The van der Waals surface area contributed by atoms with Crippen LogP contribution in [-0.4, -0.2) is 43.3 Å². The summed E-state index contributed by atoms with van der Waals surface area (Å²) in [4.78, 5) is 43.2. The van der Waals surface area contributed by atoms with Gasteiger partial charge in [0.05, 0.1) is 0 Å². The van der Waals surface area contributed by atoms with Crippen molar-refractivity contribution in [2.45, 2.75) is 19.4 Å². The average Bonchev–Trinajstić information content (AvgIpc) is 3.02. The SMILES string of the molecule is Cn1c(=O)[nH]c(=O)c2c1nc(N1CCCC1)n2CC(=O)O. The highest BCUT2D eigenvalue weighted by Crippen LogP contribution is 2.22. The maximum Gasteiger partial charge on any atom is 0.329 e. The van der Waals surface area contributed by atoms with Gasteiger partial charge >= 0.3 is 11.7 Å². The number of carbonyl (C=O) groups is 1. The van der Waals surface area contributed by atoms with E-state index in [0.29, 0.717) is 5.95 Å². The van der Waals surface area contributed by atoms with Crippen molar-refractivity contribution in [2.75, 3.05) is 18.0 Å². The number of hydrogen-bond donors (Lipinski definition) is 2. The summed E-state index contributed by atoms with van der Waals surface area (Å²) < 4.78 is 2.58. The van der Waals surface area contributed by atoms with E-state index >= 15 is 0 Å². The number of aromatic amines is 1. The lowest BCUT2D eigenvalue weighted by molar-refractivity contribution is -0.137. The summed E-state index contributed by atoms with van der Waals surface area (Å²) in [6.45, 7) is 1.15. The van der Waals surface area contributed by atoms with E-state index in [1.807, 2.05) is 4.90 Å². The molecule has 0 bridgehead atoms. The number of aliphatic carboxylic acids is 1. The molecule has 3 heterocycles. The highest BCUT2D eigenvalue weighted by atomic mass is 16.4. The molecule has 0 aliphatic carbocycles. The Balaban J connectivity index is 2.33. The zero-order chi connectivity index (χ0) is 15.1. The fourth-order valence-electron chi connectivity index (χ4n) is 2.67. The molecule has 9 nitrogen and oxygen atoms in total. The molecule has 3 rings (SSSR count). The van der Waals surface area contributed by atoms with Crippen LogP contribution in [0.2, 0.25) is 0 Å². The number of carboxylic acids is 1. The van der Waals surface area contributed by atoms with Gasteiger partial charge in [0.25, 0.3) is 5.56 Å². The molecule has 0 saturated carbocycles. The zero-order valence-electron chi connectivity index (χ0n) is 11.5. The maximum absolute atomic E-state index is 12.0. The number of rotatable bonds is 3. The molecule has 0 aromatic carbocycles. The zero-order valence-corrected chi connectivity index (χ0v) is 11.5. The number of nitrogens with zero attached hydrogens (tertiary/aromatic N) is 4. The van der Waals surface area contributed by atoms with Crippen LogP contribution in [-0.2, 0) is 18.4 Å². The Hall–Kier alpha value is -2.58. The van der Waals surface area contributed by atoms with E-state index in [9.17, 15) is 14.4 Å². The topological polar surface area (TPSA) is 113 Å². The monoisotopic (exact) mass is 293 g/mol. The van der Waals surface area contributed by atoms with Crippen molar-refractivity contribution in [2.24, 2.45) is 7.05 Å². The van der Waals surface area contributed by atoms with Crippen molar-refractivity contribution in [1.82, 2.24) is 19.1 Å². The Bertz CT molecular complexity index is 825. The van der Waals surface area contributed by atoms with Gasteiger partial charge in [-0.2, -0.15) is 4.98 Å². The van der Waals surface area contributed by atoms with Crippen molar-refractivity contribution < 1.29 is 9.90 Å². The molecule has 0 unspecified atom stereocenters. The van der Waals surface area contributed by atoms with Crippen molar-refractivity contribution in [3.8, 4) is 0 Å². The van der Waals surface area contributed by atoms with E-state index in [2.05, 4.69) is 9.97 Å². The second-order valence-corrected chi connectivity index (χ2v) is 5.08. The van der Waals surface area contributed by atoms with E-state index in [-0.39, 0.29) is 17.7 Å². The predicted octanol–water partition coefficient (Wildman–Crippen LogP) is -0.892. The Morgan fingerprint density at radius 1 is 1.33 bits per heavy atom. The standard InChI is InChI=1S/C12H15N5O4/c1-15-9-8(10(20)14-12(15)21)17(6-7(18)19)11(13-9)16-4-2-3-5-16/h2-6H2,1H3,(H,18,19)(H,14,20,21). The fraction of sp³-hybridized carbons (Fsp3) is 0.500. The molecule has 0 spiro atoms. The van der Waals surface area contributed by atoms with Crippen LogP contribution >= 0.6 is 0 Å². The van der Waals surface area contributed by atoms with Crippen molar-refractivity contribution in [3.63, 3.8) is 0 Å². The van der Waals surface area contributed by atoms with Gasteiger partial charge < -0.3 is 10.0 Å². The molecule has 0 atom stereocenters. The summed E-state index contributed by atoms with van der Waals surface area (Å²) in [7, 11) is 1.49. The summed E-state index contributed by atoms with van der Waals surface area (Å²) in [6.07, 6.45) is 1.98. The number of nitrogens with one attached hydrogen (secondary N) is 1. The van der Waals surface area contributed by atoms with Crippen molar-refractivity contribution in [3.05, 3.63) is 20.8 Å². The summed E-state index contributed by atoms with van der Waals surface area (Å²) in [5.74, 6) is -0.639. The Morgan fingerprint density at radius 2 is 2.00 bits per heavy atom. The number of imidazole rings is 1. The Morgan fingerprint density at radius 3 is 2.62 bits per heavy atom. The highest BCUT2D eigenvalue weighted by molar-refractivity contribution is 5.78. The molecule has 112 valence electrons. The van der Waals surface area contributed by atoms with Crippen molar-refractivity contribution in [1.29, 1.82) is 0 Å². The number of aromatic nitrogens is 4. The first-order valence-corrected chi connectivity index (χ1v) is 6.65. The van der Waals surface area contributed by atoms with Crippen LogP contribution in [0.3, 0.4) is 0 Å². The van der Waals surface area contributed by atoms with Crippen LogP contribution in [0, 0.1) is 0 Å². The summed E-state index contributed by atoms with van der Waals surface area (Å²) in [6, 6.07) is 0. The van der Waals surface area contributed by atoms with Gasteiger partial charge in [0.15, 0.2) is 11.2 Å². The van der Waals surface area contributed by atoms with Crippen LogP contribution < -0.4 is 16.1 Å². The molecule has 2 N–H and O–H groups in total. The van der Waals surface area contributed by atoms with Gasteiger partial charge in [-0.05, 0) is 12.8 Å². The van der Waals surface area contributed by atoms with Crippen LogP contribution in [0.15, 0.2) is 9.59 Å². The van der Waals surface area contributed by atoms with Crippen LogP contribution in [0.4, 0.5) is 5.95 Å². The highest BCUT2D eigenvalue weighted by Gasteiger charge is 2.24. The van der Waals surface area contributed by atoms with Gasteiger partial charge in [0.1, 0.15) is 6.54 Å². The molecule has 1 aliphatic heterocycles. The molecule has 2 aromatic rings. The van der Waals surface area contributed by atoms with Gasteiger partial charge in [-0.25, -0.2) is 4.79 Å². The molecule has 2 aromatic heterocycles. The molecule has 1 saturated heterocycles. The second kappa shape index (κ2) is 4.76. The lowest BCUT2D eigenvalue weighted by atomic mass is 10.4. The van der Waals surface area contributed by atoms with Gasteiger partial charge in [0, 0.05) is 20.1 Å². The third-order valence-electron chi connectivity index (χ3n) is 3.67. The van der Waals surface area contributed by atoms with E-state index in [1.54, 1.807) is 0 Å². The number of H-pyrrole nitrogens is 1. The Labute approximate surface area is 118 Å². The fourth-order valence-corrected chi connectivity index (χ4v) is 2.67. The lowest BCUT2D eigenvalue weighted by Crippen LogP contribution is -2.30. The first-order chi connectivity index (χ1) is 9.99. The van der Waals surface area contributed by atoms with Gasteiger partial charge in [0.2, 0.25) is 5.95 Å². The molecular formula is C12H15N5O4. The summed E-state index contributed by atoms with van der Waals surface area (Å²) in [5, 5.41) is 9.08. The average molecular weight is 293 g/mol. The van der Waals surface area contributed by atoms with Gasteiger partial charge in [-0.1, -0.05) is 0 Å². The van der Waals surface area contributed by atoms with E-state index in [4.69, 9.17) is 5.11 Å². The van der Waals surface area contributed by atoms with Crippen LogP contribution in [0.1, 0.15) is 12.8 Å². The maximum atomic E-state index is 12.0. The first-order valence-electron chi connectivity index (χ1n) is 6.65. The minimum atomic E-state index is -1.07. The number of hydrogen-bond acceptors (Lipinski definition) is 5. The summed E-state index contributed by atoms with van der Waals surface area (Å²) in [5.41, 5.74) is -0.874. The molecule has 0 radical (unpaired) electrons. The third-order valence-corrected chi connectivity index (χ3v) is 3.67. The summed E-state index contributed by atoms with van der Waals surface area (Å²) >= 11 is 0. The predicted molar refractivity (Wildman–Crippen MR) is 74.7 cm³/mol. The van der Waals surface area contributed by atoms with Gasteiger partial charge in [-0.15, -0.1) is 0 Å². The number of fused-ring (bicyclic) bond motifs is 1. The smallest absolute Gasteiger partial charge is 0.329 e. The van der Waals surface area contributed by atoms with E-state index < -0.39 is 17.2 Å². The Kier molecular flexibility index (Phi) is 3.04. The van der Waals surface area contributed by atoms with Crippen LogP contribution in [0.25, 0.3) is 11.2 Å². The second-order valence-electron chi connectivity index (χ2n) is 5.08. The molecule has 1 aliphatic rings. The molecule has 21 heavy (non-hydrogen) atoms. The third kappa shape index (κ3) is 2.10. The van der Waals surface area contributed by atoms with Gasteiger partial charge in [-0.3, -0.25) is 23.7 Å². The quantitative estimate of drug-likeness (QED) is 0.759. The number of anilines is 1. The number of aryl methyl sites for hydroxylation is 1. The minimum Gasteiger partial charge on any atom is -0.480 e. The van der Waals surface area contributed by atoms with E-state index in [0.717, 1.165) is 25.9 Å². The largest absolute Gasteiger partial charge is 0.480 e. The minimum absolute atomic E-state index is 0.112. The van der Waals surface area contributed by atoms with E-state index in [1.165, 1.54) is 16.2 Å².